The molecular weight excluding hydrogens is 120 g/mol. The Balaban J connectivity index is 1.85. The summed E-state index contributed by atoms with van der Waals surface area (Å²) in [7, 11) is 0. The van der Waals surface area contributed by atoms with Gasteiger partial charge in [-0.2, -0.15) is 0 Å². The molecule has 0 heterocycles. The molecule has 2 aliphatic rings. The Hall–Kier alpha value is 0. The summed E-state index contributed by atoms with van der Waals surface area (Å²) >= 11 is 0. The molecule has 0 aromatic heterocycles. The largest absolute Gasteiger partial charge is 0.0622 e. The smallest absolute Gasteiger partial charge is 0.0360 e. The van der Waals surface area contributed by atoms with E-state index >= 15 is 0 Å². The van der Waals surface area contributed by atoms with E-state index in [-0.39, 0.29) is 0 Å². The summed E-state index contributed by atoms with van der Waals surface area (Å²) in [6.45, 7) is 4.89. The van der Waals surface area contributed by atoms with Crippen molar-refractivity contribution in [3.8, 4) is 0 Å². The van der Waals surface area contributed by atoms with Crippen molar-refractivity contribution in [3.63, 3.8) is 0 Å². The van der Waals surface area contributed by atoms with Gasteiger partial charge in [-0.15, -0.1) is 0 Å². The molecule has 0 radical (unpaired) electrons. The van der Waals surface area contributed by atoms with Crippen LogP contribution >= 0.6 is 0 Å². The fourth-order valence-electron chi connectivity index (χ4n) is 2.45. The first kappa shape index (κ1) is 6.69. The second kappa shape index (κ2) is 2.25. The van der Waals surface area contributed by atoms with E-state index in [4.69, 9.17) is 0 Å². The van der Waals surface area contributed by atoms with Crippen LogP contribution in [0, 0.1) is 23.7 Å². The van der Waals surface area contributed by atoms with Gasteiger partial charge in [0, 0.05) is 0 Å². The first-order chi connectivity index (χ1) is 4.79. The molecule has 0 aliphatic heterocycles. The van der Waals surface area contributed by atoms with E-state index in [1.807, 2.05) is 0 Å². The molecule has 10 heavy (non-hydrogen) atoms. The van der Waals surface area contributed by atoms with Crippen LogP contribution in [0.4, 0.5) is 0 Å². The van der Waals surface area contributed by atoms with Gasteiger partial charge in [0.1, 0.15) is 0 Å². The minimum Gasteiger partial charge on any atom is -0.0622 e. The maximum absolute atomic E-state index is 2.47. The lowest BCUT2D eigenvalue weighted by Crippen LogP contribution is -2.29. The van der Waals surface area contributed by atoms with Gasteiger partial charge in [-0.1, -0.05) is 20.3 Å². The highest BCUT2D eigenvalue weighted by atomic mass is 14.4. The van der Waals surface area contributed by atoms with Gasteiger partial charge in [0.05, 0.1) is 0 Å². The van der Waals surface area contributed by atoms with Crippen molar-refractivity contribution in [1.82, 2.24) is 0 Å². The minimum absolute atomic E-state index is 1.05. The SMILES string of the molecule is CC1CCC1C(C)C1CC1. The topological polar surface area (TPSA) is 0 Å². The summed E-state index contributed by atoms with van der Waals surface area (Å²) in [5, 5.41) is 0. The zero-order valence-corrected chi connectivity index (χ0v) is 7.14. The summed E-state index contributed by atoms with van der Waals surface area (Å²) in [5.74, 6) is 4.35. The Morgan fingerprint density at radius 2 is 1.80 bits per heavy atom. The lowest BCUT2D eigenvalue weighted by atomic mass is 9.67. The molecule has 0 aromatic carbocycles. The monoisotopic (exact) mass is 138 g/mol. The Bertz CT molecular complexity index is 122. The molecule has 0 N–H and O–H groups in total. The summed E-state index contributed by atoms with van der Waals surface area (Å²) in [5.41, 5.74) is 0. The molecule has 0 bridgehead atoms. The van der Waals surface area contributed by atoms with Crippen LogP contribution in [0.25, 0.3) is 0 Å². The summed E-state index contributed by atoms with van der Waals surface area (Å²) in [4.78, 5) is 0. The molecule has 0 nitrogen and oxygen atoms in total. The molecule has 2 rings (SSSR count). The second-order valence-electron chi connectivity index (χ2n) is 4.42. The lowest BCUT2D eigenvalue weighted by Gasteiger charge is -2.38. The second-order valence-corrected chi connectivity index (χ2v) is 4.42. The molecule has 0 heteroatoms. The molecular formula is C10H18. The normalized spacial score (nSPS) is 42.6. The fraction of sp³-hybridized carbons (Fsp3) is 1.00. The molecule has 0 aromatic rings. The van der Waals surface area contributed by atoms with Crippen molar-refractivity contribution >= 4 is 0 Å². The third-order valence-electron chi connectivity index (χ3n) is 3.73. The predicted octanol–water partition coefficient (Wildman–Crippen LogP) is 3.08. The Kier molecular flexibility index (Phi) is 1.51. The van der Waals surface area contributed by atoms with Gasteiger partial charge in [0.15, 0.2) is 0 Å². The van der Waals surface area contributed by atoms with Crippen LogP contribution < -0.4 is 0 Å². The average molecular weight is 138 g/mol. The van der Waals surface area contributed by atoms with Crippen LogP contribution in [0.3, 0.4) is 0 Å². The van der Waals surface area contributed by atoms with Crippen LogP contribution in [-0.4, -0.2) is 0 Å². The van der Waals surface area contributed by atoms with Crippen molar-refractivity contribution < 1.29 is 0 Å². The number of hydrogen-bond acceptors (Lipinski definition) is 0. The van der Waals surface area contributed by atoms with Crippen molar-refractivity contribution in [1.29, 1.82) is 0 Å². The number of hydrogen-bond donors (Lipinski definition) is 0. The minimum atomic E-state index is 1.05. The maximum atomic E-state index is 2.47. The summed E-state index contributed by atoms with van der Waals surface area (Å²) in [6.07, 6.45) is 6.09. The van der Waals surface area contributed by atoms with E-state index in [9.17, 15) is 0 Å². The van der Waals surface area contributed by atoms with Gasteiger partial charge in [-0.25, -0.2) is 0 Å². The quantitative estimate of drug-likeness (QED) is 0.550. The highest BCUT2D eigenvalue weighted by Gasteiger charge is 2.39. The van der Waals surface area contributed by atoms with Crippen molar-refractivity contribution in [2.24, 2.45) is 23.7 Å². The Morgan fingerprint density at radius 1 is 1.10 bits per heavy atom. The van der Waals surface area contributed by atoms with Crippen LogP contribution in [0.5, 0.6) is 0 Å². The molecule has 2 fully saturated rings. The highest BCUT2D eigenvalue weighted by Crippen LogP contribution is 2.48. The fourth-order valence-corrected chi connectivity index (χ4v) is 2.45. The zero-order chi connectivity index (χ0) is 7.14. The third kappa shape index (κ3) is 0.980. The van der Waals surface area contributed by atoms with Gasteiger partial charge in [0.25, 0.3) is 0 Å². The third-order valence-corrected chi connectivity index (χ3v) is 3.73. The van der Waals surface area contributed by atoms with Crippen molar-refractivity contribution in [2.45, 2.75) is 39.5 Å². The van der Waals surface area contributed by atoms with E-state index < -0.39 is 0 Å². The lowest BCUT2D eigenvalue weighted by molar-refractivity contribution is 0.115. The first-order valence-corrected chi connectivity index (χ1v) is 4.79. The molecule has 58 valence electrons. The summed E-state index contributed by atoms with van der Waals surface area (Å²) in [6, 6.07) is 0. The molecule has 0 spiro atoms. The first-order valence-electron chi connectivity index (χ1n) is 4.79. The maximum Gasteiger partial charge on any atom is -0.0360 e. The highest BCUT2D eigenvalue weighted by molar-refractivity contribution is 4.89. The van der Waals surface area contributed by atoms with Crippen molar-refractivity contribution in [3.05, 3.63) is 0 Å². The van der Waals surface area contributed by atoms with E-state index in [1.165, 1.54) is 25.7 Å². The standard InChI is InChI=1S/C10H18/c1-7-3-6-10(7)8(2)9-4-5-9/h7-10H,3-6H2,1-2H3. The predicted molar refractivity (Wildman–Crippen MR) is 43.8 cm³/mol. The van der Waals surface area contributed by atoms with Crippen LogP contribution in [0.2, 0.25) is 0 Å². The molecule has 0 amide bonds. The van der Waals surface area contributed by atoms with Gasteiger partial charge >= 0.3 is 0 Å². The molecule has 2 aliphatic carbocycles. The van der Waals surface area contributed by atoms with Gasteiger partial charge in [-0.3, -0.25) is 0 Å². The van der Waals surface area contributed by atoms with E-state index in [0.717, 1.165) is 23.7 Å². The van der Waals surface area contributed by atoms with E-state index in [0.29, 0.717) is 0 Å². The van der Waals surface area contributed by atoms with Gasteiger partial charge in [-0.05, 0) is 42.9 Å². The van der Waals surface area contributed by atoms with Crippen LogP contribution in [0.15, 0.2) is 0 Å². The van der Waals surface area contributed by atoms with Crippen LogP contribution in [-0.2, 0) is 0 Å². The van der Waals surface area contributed by atoms with E-state index in [1.54, 1.807) is 0 Å². The average Bonchev–Trinajstić information content (AvgIpc) is 2.65. The molecule has 3 atom stereocenters. The molecule has 2 saturated carbocycles. The Morgan fingerprint density at radius 3 is 2.10 bits per heavy atom. The van der Waals surface area contributed by atoms with Gasteiger partial charge < -0.3 is 0 Å². The number of rotatable bonds is 2. The van der Waals surface area contributed by atoms with Crippen molar-refractivity contribution in [2.75, 3.05) is 0 Å². The van der Waals surface area contributed by atoms with E-state index in [2.05, 4.69) is 13.8 Å². The Labute approximate surface area is 64.0 Å². The molecule has 3 unspecified atom stereocenters. The van der Waals surface area contributed by atoms with Crippen LogP contribution in [0.1, 0.15) is 39.5 Å². The summed E-state index contributed by atoms with van der Waals surface area (Å²) < 4.78 is 0. The van der Waals surface area contributed by atoms with Gasteiger partial charge in [0.2, 0.25) is 0 Å². The molecule has 0 saturated heterocycles. The zero-order valence-electron chi connectivity index (χ0n) is 7.14.